The number of aromatic amines is 1. The second-order valence-electron chi connectivity index (χ2n) is 6.76. The lowest BCUT2D eigenvalue weighted by Gasteiger charge is -2.34. The molecule has 24 heavy (non-hydrogen) atoms. The van der Waals surface area contributed by atoms with Gasteiger partial charge in [0.1, 0.15) is 12.4 Å². The molecule has 2 N–H and O–H groups in total. The van der Waals surface area contributed by atoms with Crippen molar-refractivity contribution in [2.24, 2.45) is 0 Å². The summed E-state index contributed by atoms with van der Waals surface area (Å²) in [5.41, 5.74) is 4.94. The van der Waals surface area contributed by atoms with E-state index in [0.29, 0.717) is 6.61 Å². The molecule has 0 radical (unpaired) electrons. The van der Waals surface area contributed by atoms with E-state index in [4.69, 9.17) is 9.84 Å². The highest BCUT2D eigenvalue weighted by Crippen LogP contribution is 2.31. The number of nitrogens with zero attached hydrogens (tertiary/aromatic N) is 2. The number of aryl methyl sites for hydroxylation is 3. The van der Waals surface area contributed by atoms with Gasteiger partial charge >= 0.3 is 0 Å². The Hall–Kier alpha value is -1.56. The van der Waals surface area contributed by atoms with Gasteiger partial charge in [-0.05, 0) is 38.0 Å². The largest absolute Gasteiger partial charge is 0.490 e. The number of aromatic nitrogens is 1. The van der Waals surface area contributed by atoms with Gasteiger partial charge in [0.25, 0.3) is 0 Å². The van der Waals surface area contributed by atoms with Crippen molar-refractivity contribution in [3.05, 3.63) is 29.0 Å². The molecule has 2 aromatic rings. The van der Waals surface area contributed by atoms with Crippen LogP contribution in [0.1, 0.15) is 16.8 Å². The molecule has 0 bridgehead atoms. The predicted molar refractivity (Wildman–Crippen MR) is 98.0 cm³/mol. The third-order valence-electron chi connectivity index (χ3n) is 5.17. The molecule has 0 saturated carbocycles. The minimum Gasteiger partial charge on any atom is -0.490 e. The van der Waals surface area contributed by atoms with Crippen molar-refractivity contribution >= 4 is 10.9 Å². The number of aliphatic hydroxyl groups is 1. The van der Waals surface area contributed by atoms with Crippen LogP contribution in [0.4, 0.5) is 0 Å². The van der Waals surface area contributed by atoms with Gasteiger partial charge in [-0.15, -0.1) is 0 Å². The second kappa shape index (κ2) is 7.55. The smallest absolute Gasteiger partial charge is 0.143 e. The van der Waals surface area contributed by atoms with Crippen LogP contribution in [-0.4, -0.2) is 72.4 Å². The lowest BCUT2D eigenvalue weighted by molar-refractivity contribution is 0.102. The van der Waals surface area contributed by atoms with E-state index in [-0.39, 0.29) is 6.61 Å². The van der Waals surface area contributed by atoms with E-state index in [1.807, 2.05) is 0 Å². The fourth-order valence-corrected chi connectivity index (χ4v) is 3.55. The zero-order valence-electron chi connectivity index (χ0n) is 15.1. The topological polar surface area (TPSA) is 51.7 Å². The normalized spacial score (nSPS) is 16.8. The van der Waals surface area contributed by atoms with E-state index in [1.165, 1.54) is 22.2 Å². The number of H-pyrrole nitrogens is 1. The number of β-amino-alcohol motifs (C(OH)–C–C–N with tert-alkyl or cyclic N) is 1. The predicted octanol–water partition coefficient (Wildman–Crippen LogP) is 2.08. The number of ether oxygens (including phenoxy) is 1. The highest BCUT2D eigenvalue weighted by Gasteiger charge is 2.16. The number of aliphatic hydroxyl groups excluding tert-OH is 1. The Morgan fingerprint density at radius 1 is 1.04 bits per heavy atom. The highest BCUT2D eigenvalue weighted by molar-refractivity contribution is 5.92. The molecule has 0 spiro atoms. The molecule has 1 aromatic carbocycles. The number of benzene rings is 1. The van der Waals surface area contributed by atoms with Crippen molar-refractivity contribution in [3.8, 4) is 5.75 Å². The van der Waals surface area contributed by atoms with Crippen LogP contribution in [0.15, 0.2) is 12.1 Å². The van der Waals surface area contributed by atoms with Crippen molar-refractivity contribution < 1.29 is 9.84 Å². The standard InChI is InChI=1S/C19H29N3O2/c1-14-4-5-17(19-18(14)15(2)16(3)20-19)24-13-11-22-8-6-21(7-9-22)10-12-23/h4-5,20,23H,6-13H2,1-3H3. The van der Waals surface area contributed by atoms with Gasteiger partial charge in [0.2, 0.25) is 0 Å². The van der Waals surface area contributed by atoms with Crippen LogP contribution >= 0.6 is 0 Å². The summed E-state index contributed by atoms with van der Waals surface area (Å²) in [7, 11) is 0. The molecule has 0 amide bonds. The summed E-state index contributed by atoms with van der Waals surface area (Å²) in [5, 5.41) is 10.3. The summed E-state index contributed by atoms with van der Waals surface area (Å²) in [6.07, 6.45) is 0. The van der Waals surface area contributed by atoms with Gasteiger partial charge in [-0.1, -0.05) is 6.07 Å². The molecule has 1 aliphatic heterocycles. The molecule has 1 aliphatic rings. The summed E-state index contributed by atoms with van der Waals surface area (Å²) in [4.78, 5) is 8.22. The molecule has 0 atom stereocenters. The first-order valence-electron chi connectivity index (χ1n) is 8.87. The van der Waals surface area contributed by atoms with Gasteiger partial charge in [0.05, 0.1) is 12.1 Å². The monoisotopic (exact) mass is 331 g/mol. The summed E-state index contributed by atoms with van der Waals surface area (Å²) in [5.74, 6) is 0.950. The fraction of sp³-hybridized carbons (Fsp3) is 0.579. The highest BCUT2D eigenvalue weighted by atomic mass is 16.5. The molecule has 1 fully saturated rings. The van der Waals surface area contributed by atoms with Crippen molar-refractivity contribution in [3.63, 3.8) is 0 Å². The minimum atomic E-state index is 0.252. The van der Waals surface area contributed by atoms with Crippen LogP contribution in [0.5, 0.6) is 5.75 Å². The molecule has 1 aromatic heterocycles. The number of nitrogens with one attached hydrogen (secondary N) is 1. The number of hydrogen-bond donors (Lipinski definition) is 2. The van der Waals surface area contributed by atoms with Gasteiger partial charge in [0, 0.05) is 50.3 Å². The lowest BCUT2D eigenvalue weighted by Crippen LogP contribution is -2.48. The van der Waals surface area contributed by atoms with Crippen LogP contribution in [0, 0.1) is 20.8 Å². The second-order valence-corrected chi connectivity index (χ2v) is 6.76. The van der Waals surface area contributed by atoms with E-state index < -0.39 is 0 Å². The van der Waals surface area contributed by atoms with Crippen LogP contribution in [0.2, 0.25) is 0 Å². The summed E-state index contributed by atoms with van der Waals surface area (Å²) < 4.78 is 6.09. The molecular weight excluding hydrogens is 302 g/mol. The molecule has 1 saturated heterocycles. The van der Waals surface area contributed by atoms with Crippen molar-refractivity contribution in [1.82, 2.24) is 14.8 Å². The average Bonchev–Trinajstić information content (AvgIpc) is 2.88. The summed E-state index contributed by atoms with van der Waals surface area (Å²) in [6, 6.07) is 4.22. The third kappa shape index (κ3) is 3.58. The fourth-order valence-electron chi connectivity index (χ4n) is 3.55. The van der Waals surface area contributed by atoms with E-state index in [9.17, 15) is 0 Å². The molecular formula is C19H29N3O2. The number of rotatable bonds is 6. The van der Waals surface area contributed by atoms with E-state index in [2.05, 4.69) is 47.7 Å². The maximum absolute atomic E-state index is 9.00. The zero-order chi connectivity index (χ0) is 17.1. The average molecular weight is 331 g/mol. The van der Waals surface area contributed by atoms with Gasteiger partial charge in [-0.2, -0.15) is 0 Å². The number of fused-ring (bicyclic) bond motifs is 1. The van der Waals surface area contributed by atoms with Gasteiger partial charge < -0.3 is 14.8 Å². The maximum Gasteiger partial charge on any atom is 0.143 e. The van der Waals surface area contributed by atoms with Crippen molar-refractivity contribution in [2.45, 2.75) is 20.8 Å². The molecule has 132 valence electrons. The van der Waals surface area contributed by atoms with Gasteiger partial charge in [-0.25, -0.2) is 0 Å². The molecule has 5 heteroatoms. The van der Waals surface area contributed by atoms with Crippen molar-refractivity contribution in [2.75, 3.05) is 52.5 Å². The van der Waals surface area contributed by atoms with Crippen LogP contribution in [0.3, 0.4) is 0 Å². The number of piperazine rings is 1. The quantitative estimate of drug-likeness (QED) is 0.851. The first kappa shape index (κ1) is 17.3. The third-order valence-corrected chi connectivity index (χ3v) is 5.17. The van der Waals surface area contributed by atoms with Crippen LogP contribution < -0.4 is 4.74 Å². The SMILES string of the molecule is Cc1[nH]c2c(OCCN3CCN(CCO)CC3)ccc(C)c2c1C. The van der Waals surface area contributed by atoms with Gasteiger partial charge in [-0.3, -0.25) is 9.80 Å². The zero-order valence-corrected chi connectivity index (χ0v) is 15.1. The molecule has 3 rings (SSSR count). The maximum atomic E-state index is 9.00. The molecule has 5 nitrogen and oxygen atoms in total. The van der Waals surface area contributed by atoms with E-state index in [1.54, 1.807) is 0 Å². The van der Waals surface area contributed by atoms with Crippen LogP contribution in [-0.2, 0) is 0 Å². The minimum absolute atomic E-state index is 0.252. The summed E-state index contributed by atoms with van der Waals surface area (Å²) in [6.45, 7) is 13.3. The Balaban J connectivity index is 1.57. The first-order chi connectivity index (χ1) is 11.6. The molecule has 0 unspecified atom stereocenters. The van der Waals surface area contributed by atoms with Crippen LogP contribution in [0.25, 0.3) is 10.9 Å². The Labute approximate surface area is 144 Å². The van der Waals surface area contributed by atoms with Crippen molar-refractivity contribution in [1.29, 1.82) is 0 Å². The van der Waals surface area contributed by atoms with E-state index >= 15 is 0 Å². The Bertz CT molecular complexity index is 687. The Kier molecular flexibility index (Phi) is 5.43. The summed E-state index contributed by atoms with van der Waals surface area (Å²) >= 11 is 0. The van der Waals surface area contributed by atoms with E-state index in [0.717, 1.165) is 50.5 Å². The first-order valence-corrected chi connectivity index (χ1v) is 8.87. The van der Waals surface area contributed by atoms with Gasteiger partial charge in [0.15, 0.2) is 0 Å². The Morgan fingerprint density at radius 3 is 2.38 bits per heavy atom. The Morgan fingerprint density at radius 2 is 1.71 bits per heavy atom. The number of hydrogen-bond acceptors (Lipinski definition) is 4. The molecule has 2 heterocycles. The molecule has 0 aliphatic carbocycles. The lowest BCUT2D eigenvalue weighted by atomic mass is 10.1.